The molecule has 0 amide bonds. The fourth-order valence-electron chi connectivity index (χ4n) is 3.36. The minimum Gasteiger partial charge on any atom is -0.381 e. The molecule has 1 aliphatic rings. The fourth-order valence-corrected chi connectivity index (χ4v) is 3.97. The molecule has 3 rings (SSSR count). The van der Waals surface area contributed by atoms with E-state index in [9.17, 15) is 0 Å². The third-order valence-electron chi connectivity index (χ3n) is 4.44. The molecule has 2 heterocycles. The molecule has 118 valence electrons. The lowest BCUT2D eigenvalue weighted by atomic mass is 9.88. The van der Waals surface area contributed by atoms with E-state index in [1.807, 2.05) is 7.11 Å². The van der Waals surface area contributed by atoms with E-state index >= 15 is 0 Å². The highest BCUT2D eigenvalue weighted by atomic mass is 32.1. The highest BCUT2D eigenvalue weighted by Crippen LogP contribution is 2.25. The second-order valence-corrected chi connectivity index (χ2v) is 7.17. The molecular weight excluding hydrogens is 292 g/mol. The summed E-state index contributed by atoms with van der Waals surface area (Å²) in [5.41, 5.74) is 2.61. The van der Waals surface area contributed by atoms with Crippen molar-refractivity contribution >= 4 is 11.3 Å². The molecule has 0 spiro atoms. The monoisotopic (exact) mass is 316 g/mol. The largest absolute Gasteiger partial charge is 0.381 e. The van der Waals surface area contributed by atoms with Crippen LogP contribution in [0.5, 0.6) is 0 Å². The minimum absolute atomic E-state index is 0.369. The Hall–Kier alpha value is -1.23. The van der Waals surface area contributed by atoms with Crippen molar-refractivity contribution < 1.29 is 4.74 Å². The lowest BCUT2D eigenvalue weighted by Gasteiger charge is -2.37. The lowest BCUT2D eigenvalue weighted by molar-refractivity contribution is -0.00874. The number of hydrogen-bond acceptors (Lipinski definition) is 4. The van der Waals surface area contributed by atoms with Crippen molar-refractivity contribution in [2.75, 3.05) is 20.2 Å². The summed E-state index contributed by atoms with van der Waals surface area (Å²) in [5.74, 6) is 0.556. The number of benzene rings is 1. The minimum atomic E-state index is 0.369. The number of aryl methyl sites for hydroxylation is 1. The van der Waals surface area contributed by atoms with Gasteiger partial charge in [-0.2, -0.15) is 0 Å². The van der Waals surface area contributed by atoms with Gasteiger partial charge in [0, 0.05) is 38.0 Å². The van der Waals surface area contributed by atoms with Gasteiger partial charge in [-0.3, -0.25) is 4.90 Å². The smallest absolute Gasteiger partial charge is 0.0897 e. The van der Waals surface area contributed by atoms with Crippen molar-refractivity contribution in [2.45, 2.75) is 32.4 Å². The second-order valence-electron chi connectivity index (χ2n) is 6.11. The number of thiazole rings is 1. The van der Waals surface area contributed by atoms with E-state index < -0.39 is 0 Å². The number of piperidine rings is 1. The summed E-state index contributed by atoms with van der Waals surface area (Å²) in [6, 6.07) is 10.8. The molecule has 1 aromatic carbocycles. The van der Waals surface area contributed by atoms with Gasteiger partial charge in [-0.15, -0.1) is 11.3 Å². The predicted octanol–water partition coefficient (Wildman–Crippen LogP) is 3.53. The maximum absolute atomic E-state index is 5.74. The summed E-state index contributed by atoms with van der Waals surface area (Å²) in [6.45, 7) is 5.22. The molecule has 2 atom stereocenters. The Morgan fingerprint density at radius 2 is 2.14 bits per heavy atom. The van der Waals surface area contributed by atoms with E-state index in [4.69, 9.17) is 4.74 Å². The number of nitrogens with zero attached hydrogens (tertiary/aromatic N) is 2. The molecule has 0 radical (unpaired) electrons. The average molecular weight is 316 g/mol. The summed E-state index contributed by atoms with van der Waals surface area (Å²) < 4.78 is 5.74. The van der Waals surface area contributed by atoms with Crippen molar-refractivity contribution in [1.29, 1.82) is 0 Å². The van der Waals surface area contributed by atoms with E-state index in [0.717, 1.165) is 37.5 Å². The fraction of sp³-hybridized carbons (Fsp3) is 0.500. The van der Waals surface area contributed by atoms with Gasteiger partial charge in [0.15, 0.2) is 0 Å². The van der Waals surface area contributed by atoms with Gasteiger partial charge in [-0.1, -0.05) is 30.3 Å². The van der Waals surface area contributed by atoms with Gasteiger partial charge in [-0.25, -0.2) is 4.98 Å². The molecule has 1 saturated heterocycles. The quantitative estimate of drug-likeness (QED) is 0.844. The van der Waals surface area contributed by atoms with Crippen LogP contribution in [0.25, 0.3) is 0 Å². The number of ether oxygens (including phenoxy) is 1. The first-order chi connectivity index (χ1) is 10.7. The molecule has 4 heteroatoms. The van der Waals surface area contributed by atoms with Crippen LogP contribution in [0.1, 0.15) is 22.7 Å². The number of aromatic nitrogens is 1. The van der Waals surface area contributed by atoms with Crippen LogP contribution in [-0.2, 0) is 17.7 Å². The van der Waals surface area contributed by atoms with Gasteiger partial charge in [-0.05, 0) is 25.3 Å². The van der Waals surface area contributed by atoms with Crippen molar-refractivity contribution in [2.24, 2.45) is 5.92 Å². The first-order valence-corrected chi connectivity index (χ1v) is 8.82. The average Bonchev–Trinajstić information content (AvgIpc) is 2.94. The highest BCUT2D eigenvalue weighted by molar-refractivity contribution is 7.09. The Bertz CT molecular complexity index is 584. The zero-order chi connectivity index (χ0) is 15.4. The number of likely N-dealkylation sites (tertiary alicyclic amines) is 1. The molecule has 1 aliphatic heterocycles. The predicted molar refractivity (Wildman–Crippen MR) is 91.2 cm³/mol. The van der Waals surface area contributed by atoms with E-state index in [2.05, 4.69) is 52.5 Å². The van der Waals surface area contributed by atoms with E-state index in [1.165, 1.54) is 11.3 Å². The highest BCUT2D eigenvalue weighted by Gasteiger charge is 2.29. The van der Waals surface area contributed by atoms with Crippen LogP contribution in [0.2, 0.25) is 0 Å². The molecule has 3 nitrogen and oxygen atoms in total. The normalized spacial score (nSPS) is 22.8. The van der Waals surface area contributed by atoms with Crippen LogP contribution in [0.4, 0.5) is 0 Å². The zero-order valence-electron chi connectivity index (χ0n) is 13.4. The molecule has 22 heavy (non-hydrogen) atoms. The van der Waals surface area contributed by atoms with Gasteiger partial charge >= 0.3 is 0 Å². The first kappa shape index (κ1) is 15.7. The summed E-state index contributed by atoms with van der Waals surface area (Å²) in [4.78, 5) is 7.12. The Morgan fingerprint density at radius 3 is 2.82 bits per heavy atom. The standard InChI is InChI=1S/C18H24N2OS/c1-14-19-17(13-22-14)12-20-9-8-18(21-2)16(11-20)10-15-6-4-3-5-7-15/h3-7,13,16,18H,8-12H2,1-2H3/t16-,18-/m1/s1. The van der Waals surface area contributed by atoms with E-state index in [-0.39, 0.29) is 0 Å². The first-order valence-electron chi connectivity index (χ1n) is 7.94. The number of hydrogen-bond donors (Lipinski definition) is 0. The lowest BCUT2D eigenvalue weighted by Crippen LogP contribution is -2.44. The van der Waals surface area contributed by atoms with Crippen molar-refractivity contribution in [3.05, 3.63) is 52.0 Å². The Morgan fingerprint density at radius 1 is 1.32 bits per heavy atom. The molecule has 2 aromatic rings. The van der Waals surface area contributed by atoms with Gasteiger partial charge in [0.05, 0.1) is 16.8 Å². The Balaban J connectivity index is 1.64. The van der Waals surface area contributed by atoms with Crippen LogP contribution in [0, 0.1) is 12.8 Å². The van der Waals surface area contributed by atoms with Crippen LogP contribution in [-0.4, -0.2) is 36.2 Å². The van der Waals surface area contributed by atoms with Gasteiger partial charge < -0.3 is 4.74 Å². The Kier molecular flexibility index (Phi) is 5.24. The molecule has 1 aromatic heterocycles. The SMILES string of the molecule is CO[C@@H]1CCN(Cc2csc(C)n2)C[C@H]1Cc1ccccc1. The van der Waals surface area contributed by atoms with Crippen molar-refractivity contribution in [1.82, 2.24) is 9.88 Å². The third-order valence-corrected chi connectivity index (χ3v) is 5.27. The summed E-state index contributed by atoms with van der Waals surface area (Å²) in [7, 11) is 1.85. The molecule has 0 bridgehead atoms. The van der Waals surface area contributed by atoms with E-state index in [0.29, 0.717) is 12.0 Å². The number of methoxy groups -OCH3 is 1. The van der Waals surface area contributed by atoms with Gasteiger partial charge in [0.25, 0.3) is 0 Å². The summed E-state index contributed by atoms with van der Waals surface area (Å²) >= 11 is 1.74. The van der Waals surface area contributed by atoms with E-state index in [1.54, 1.807) is 11.3 Å². The summed E-state index contributed by atoms with van der Waals surface area (Å²) in [5, 5.41) is 3.34. The molecule has 1 fully saturated rings. The maximum Gasteiger partial charge on any atom is 0.0897 e. The molecule has 0 aliphatic carbocycles. The number of rotatable bonds is 5. The third kappa shape index (κ3) is 3.94. The molecule has 0 N–H and O–H groups in total. The molecule has 0 unspecified atom stereocenters. The molecular formula is C18H24N2OS. The van der Waals surface area contributed by atoms with Crippen LogP contribution < -0.4 is 0 Å². The van der Waals surface area contributed by atoms with Crippen LogP contribution >= 0.6 is 11.3 Å². The van der Waals surface area contributed by atoms with Crippen LogP contribution in [0.3, 0.4) is 0 Å². The van der Waals surface area contributed by atoms with Crippen LogP contribution in [0.15, 0.2) is 35.7 Å². The van der Waals surface area contributed by atoms with Gasteiger partial charge in [0.2, 0.25) is 0 Å². The maximum atomic E-state index is 5.74. The van der Waals surface area contributed by atoms with Crippen molar-refractivity contribution in [3.63, 3.8) is 0 Å². The van der Waals surface area contributed by atoms with Gasteiger partial charge in [0.1, 0.15) is 0 Å². The summed E-state index contributed by atoms with van der Waals surface area (Å²) in [6.07, 6.45) is 2.57. The second kappa shape index (κ2) is 7.36. The zero-order valence-corrected chi connectivity index (χ0v) is 14.2. The topological polar surface area (TPSA) is 25.4 Å². The van der Waals surface area contributed by atoms with Crippen molar-refractivity contribution in [3.8, 4) is 0 Å². The Labute approximate surface area is 137 Å². The molecule has 0 saturated carbocycles.